The molecule has 0 aliphatic rings. The van der Waals surface area contributed by atoms with E-state index in [1.165, 1.54) is 30.5 Å². The van der Waals surface area contributed by atoms with E-state index in [4.69, 9.17) is 4.74 Å². The summed E-state index contributed by atoms with van der Waals surface area (Å²) in [6.45, 7) is -0.250. The van der Waals surface area contributed by atoms with Crippen LogP contribution in [0.1, 0.15) is 12.0 Å². The number of nitrogens with zero attached hydrogens (tertiary/aromatic N) is 6. The number of rotatable bonds is 7. The molecule has 0 saturated carbocycles. The molecule has 4 aromatic rings. The fraction of sp³-hybridized carbons (Fsp3) is 0.250. The van der Waals surface area contributed by atoms with E-state index < -0.39 is 22.8 Å². The van der Waals surface area contributed by atoms with Crippen molar-refractivity contribution < 1.29 is 18.6 Å². The van der Waals surface area contributed by atoms with Crippen LogP contribution in [0.3, 0.4) is 0 Å². The number of methoxy groups -OCH3 is 1. The molecule has 0 radical (unpaired) electrons. The average molecular weight is 428 g/mol. The van der Waals surface area contributed by atoms with Crippen molar-refractivity contribution in [3.05, 3.63) is 76.6 Å². The lowest BCUT2D eigenvalue weighted by Crippen LogP contribution is -2.36. The Kier molecular flexibility index (Phi) is 5.42. The molecule has 4 rings (SSSR count). The molecule has 11 heteroatoms. The summed E-state index contributed by atoms with van der Waals surface area (Å²) in [6, 6.07) is 7.73. The van der Waals surface area contributed by atoms with E-state index >= 15 is 0 Å². The van der Waals surface area contributed by atoms with Gasteiger partial charge in [-0.1, -0.05) is 11.3 Å². The van der Waals surface area contributed by atoms with Crippen LogP contribution in [-0.2, 0) is 18.7 Å². The summed E-state index contributed by atoms with van der Waals surface area (Å²) in [5, 5.41) is 23.5. The molecule has 0 saturated heterocycles. The van der Waals surface area contributed by atoms with Gasteiger partial charge in [-0.2, -0.15) is 5.10 Å². The topological polar surface area (TPSA) is 108 Å². The molecule has 2 aromatic heterocycles. The highest BCUT2D eigenvalue weighted by molar-refractivity contribution is 5.78. The van der Waals surface area contributed by atoms with Gasteiger partial charge in [-0.15, -0.1) is 5.10 Å². The molecular formula is C20H18F2N6O3. The van der Waals surface area contributed by atoms with E-state index in [0.717, 1.165) is 10.7 Å². The number of halogens is 2. The number of ether oxygens (including phenoxy) is 1. The summed E-state index contributed by atoms with van der Waals surface area (Å²) in [7, 11) is 1.48. The second kappa shape index (κ2) is 8.19. The van der Waals surface area contributed by atoms with Crippen molar-refractivity contribution in [3.63, 3.8) is 0 Å². The first-order valence-electron chi connectivity index (χ1n) is 9.31. The number of aryl methyl sites for hydroxylation is 1. The molecule has 2 heterocycles. The van der Waals surface area contributed by atoms with E-state index in [-0.39, 0.29) is 25.1 Å². The lowest BCUT2D eigenvalue weighted by atomic mass is 9.89. The van der Waals surface area contributed by atoms with Crippen LogP contribution in [0, 0.1) is 11.6 Å². The Hall–Kier alpha value is -3.73. The Morgan fingerprint density at radius 3 is 2.74 bits per heavy atom. The molecular weight excluding hydrogens is 410 g/mol. The van der Waals surface area contributed by atoms with Gasteiger partial charge in [0, 0.05) is 24.6 Å². The molecule has 0 fully saturated rings. The van der Waals surface area contributed by atoms with E-state index in [0.29, 0.717) is 22.7 Å². The normalized spacial score (nSPS) is 13.3. The summed E-state index contributed by atoms with van der Waals surface area (Å²) in [4.78, 5) is 16.7. The Morgan fingerprint density at radius 2 is 2.03 bits per heavy atom. The number of benzene rings is 2. The van der Waals surface area contributed by atoms with E-state index in [9.17, 15) is 18.7 Å². The molecule has 0 aliphatic carbocycles. The highest BCUT2D eigenvalue weighted by atomic mass is 19.1. The van der Waals surface area contributed by atoms with Crippen molar-refractivity contribution in [2.75, 3.05) is 7.11 Å². The predicted octanol–water partition coefficient (Wildman–Crippen LogP) is 1.65. The van der Waals surface area contributed by atoms with Crippen LogP contribution in [0.15, 0.2) is 53.8 Å². The van der Waals surface area contributed by atoms with Crippen molar-refractivity contribution in [1.82, 2.24) is 29.8 Å². The first kappa shape index (κ1) is 20.5. The molecule has 0 bridgehead atoms. The minimum Gasteiger partial charge on any atom is -0.497 e. The number of hydrogen-bond acceptors (Lipinski definition) is 7. The number of hydrogen-bond donors (Lipinski definition) is 1. The maximum Gasteiger partial charge on any atom is 0.277 e. The van der Waals surface area contributed by atoms with Crippen molar-refractivity contribution >= 4 is 10.9 Å². The molecule has 160 valence electrons. The van der Waals surface area contributed by atoms with Gasteiger partial charge < -0.3 is 9.84 Å². The van der Waals surface area contributed by atoms with Crippen LogP contribution in [-0.4, -0.2) is 42.0 Å². The average Bonchev–Trinajstić information content (AvgIpc) is 3.25. The van der Waals surface area contributed by atoms with E-state index in [2.05, 4.69) is 20.4 Å². The fourth-order valence-corrected chi connectivity index (χ4v) is 3.37. The van der Waals surface area contributed by atoms with Crippen molar-refractivity contribution in [2.45, 2.75) is 25.1 Å². The van der Waals surface area contributed by atoms with Gasteiger partial charge in [-0.05, 0) is 24.3 Å². The quantitative estimate of drug-likeness (QED) is 0.477. The maximum atomic E-state index is 14.5. The molecule has 0 amide bonds. The second-order valence-corrected chi connectivity index (χ2v) is 7.00. The molecule has 0 spiro atoms. The Morgan fingerprint density at radius 1 is 1.19 bits per heavy atom. The molecule has 2 aromatic carbocycles. The van der Waals surface area contributed by atoms with Gasteiger partial charge in [0.2, 0.25) is 0 Å². The molecule has 1 unspecified atom stereocenters. The molecule has 1 N–H and O–H groups in total. The number of aliphatic hydroxyl groups is 1. The van der Waals surface area contributed by atoms with Crippen molar-refractivity contribution in [3.8, 4) is 5.75 Å². The SMILES string of the molecule is COc1ccc2nnn(CCC(O)(Cn3cncn3)c3ccc(F)cc3F)c(=O)c2c1. The van der Waals surface area contributed by atoms with E-state index in [1.54, 1.807) is 18.2 Å². The van der Waals surface area contributed by atoms with Gasteiger partial charge in [0.05, 0.1) is 19.0 Å². The van der Waals surface area contributed by atoms with Crippen LogP contribution in [0.4, 0.5) is 8.78 Å². The van der Waals surface area contributed by atoms with Gasteiger partial charge in [0.1, 0.15) is 41.2 Å². The van der Waals surface area contributed by atoms with Crippen molar-refractivity contribution in [2.24, 2.45) is 0 Å². The Bertz CT molecular complexity index is 1280. The third-order valence-corrected chi connectivity index (χ3v) is 4.99. The summed E-state index contributed by atoms with van der Waals surface area (Å²) < 4.78 is 35.5. The standard InChI is InChI=1S/C20H18F2N6O3/c1-31-14-3-5-18-15(9-14)19(29)28(26-25-18)7-6-20(30,10-27-12-23-11-24-27)16-4-2-13(21)8-17(16)22/h2-5,8-9,11-12,30H,6-7,10H2,1H3. The van der Waals surface area contributed by atoms with Gasteiger partial charge in [-0.25, -0.2) is 23.1 Å². The van der Waals surface area contributed by atoms with Crippen LogP contribution in [0.5, 0.6) is 5.75 Å². The Balaban J connectivity index is 1.69. The highest BCUT2D eigenvalue weighted by Gasteiger charge is 2.33. The lowest BCUT2D eigenvalue weighted by Gasteiger charge is -2.29. The smallest absolute Gasteiger partial charge is 0.277 e. The molecule has 0 aliphatic heterocycles. The van der Waals surface area contributed by atoms with Gasteiger partial charge in [0.25, 0.3) is 5.56 Å². The minimum atomic E-state index is -1.82. The second-order valence-electron chi connectivity index (χ2n) is 7.00. The van der Waals surface area contributed by atoms with E-state index in [1.807, 2.05) is 0 Å². The molecule has 31 heavy (non-hydrogen) atoms. The van der Waals surface area contributed by atoms with Crippen LogP contribution >= 0.6 is 0 Å². The zero-order valence-electron chi connectivity index (χ0n) is 16.4. The van der Waals surface area contributed by atoms with Crippen LogP contribution < -0.4 is 10.3 Å². The molecule has 1 atom stereocenters. The largest absolute Gasteiger partial charge is 0.497 e. The third-order valence-electron chi connectivity index (χ3n) is 4.99. The van der Waals surface area contributed by atoms with Crippen LogP contribution in [0.2, 0.25) is 0 Å². The zero-order chi connectivity index (χ0) is 22.0. The molecule has 9 nitrogen and oxygen atoms in total. The van der Waals surface area contributed by atoms with Crippen molar-refractivity contribution in [1.29, 1.82) is 0 Å². The summed E-state index contributed by atoms with van der Waals surface area (Å²) in [5.74, 6) is -1.19. The first-order chi connectivity index (χ1) is 14.9. The zero-order valence-corrected chi connectivity index (χ0v) is 16.4. The van der Waals surface area contributed by atoms with Gasteiger partial charge in [-0.3, -0.25) is 4.79 Å². The van der Waals surface area contributed by atoms with Gasteiger partial charge in [0.15, 0.2) is 0 Å². The highest BCUT2D eigenvalue weighted by Crippen LogP contribution is 2.30. The van der Waals surface area contributed by atoms with Gasteiger partial charge >= 0.3 is 0 Å². The minimum absolute atomic E-state index is 0.0823. The summed E-state index contributed by atoms with van der Waals surface area (Å²) in [6.07, 6.45) is 2.51. The Labute approximate surface area is 174 Å². The monoisotopic (exact) mass is 428 g/mol. The first-order valence-corrected chi connectivity index (χ1v) is 9.31. The van der Waals surface area contributed by atoms with Crippen LogP contribution in [0.25, 0.3) is 10.9 Å². The fourth-order valence-electron chi connectivity index (χ4n) is 3.37. The number of fused-ring (bicyclic) bond motifs is 1. The summed E-state index contributed by atoms with van der Waals surface area (Å²) in [5.41, 5.74) is -2.00. The number of aromatic nitrogens is 6. The summed E-state index contributed by atoms with van der Waals surface area (Å²) >= 11 is 0. The maximum absolute atomic E-state index is 14.5. The third kappa shape index (κ3) is 4.12. The lowest BCUT2D eigenvalue weighted by molar-refractivity contribution is -0.00227. The predicted molar refractivity (Wildman–Crippen MR) is 105 cm³/mol.